The molecule has 0 spiro atoms. The van der Waals surface area contributed by atoms with Crippen LogP contribution in [0.5, 0.6) is 0 Å². The van der Waals surface area contributed by atoms with E-state index in [1.165, 1.54) is 23.3 Å². The molecule has 0 bridgehead atoms. The molecule has 0 aliphatic carbocycles. The number of pyridine rings is 1. The number of hydrogen-bond donors (Lipinski definition) is 0. The fraction of sp³-hybridized carbons (Fsp3) is 0.368. The molecule has 5 nitrogen and oxygen atoms in total. The number of benzene rings is 1. The summed E-state index contributed by atoms with van der Waals surface area (Å²) in [7, 11) is 1.65. The van der Waals surface area contributed by atoms with Crippen LogP contribution in [-0.2, 0) is 19.8 Å². The van der Waals surface area contributed by atoms with Crippen molar-refractivity contribution in [2.75, 3.05) is 19.6 Å². The van der Waals surface area contributed by atoms with Crippen LogP contribution in [0.1, 0.15) is 12.0 Å². The first kappa shape index (κ1) is 17.8. The van der Waals surface area contributed by atoms with Crippen molar-refractivity contribution in [1.82, 2.24) is 19.0 Å². The molecule has 8 heteroatoms. The van der Waals surface area contributed by atoms with Crippen molar-refractivity contribution in [2.24, 2.45) is 7.05 Å². The predicted octanol–water partition coefficient (Wildman–Crippen LogP) is 3.13. The van der Waals surface area contributed by atoms with Crippen LogP contribution in [0.3, 0.4) is 0 Å². The molecule has 3 heterocycles. The molecule has 0 unspecified atom stereocenters. The molecular weight excluding hydrogens is 357 g/mol. The first-order chi connectivity index (χ1) is 12.8. The average Bonchev–Trinajstić information content (AvgIpc) is 2.84. The van der Waals surface area contributed by atoms with Gasteiger partial charge in [-0.3, -0.25) is 9.13 Å². The lowest BCUT2D eigenvalue weighted by Crippen LogP contribution is -2.40. The number of nitrogens with zero attached hydrogens (tertiary/aromatic N) is 4. The normalized spacial score (nSPS) is 15.3. The van der Waals surface area contributed by atoms with Crippen LogP contribution in [0.15, 0.2) is 41.3 Å². The standard InChI is InChI=1S/C19H19F3N4O/c1-24-17-16(26(18(24)27)9-8-25-6-3-7-25)11-14(12-23-17)13-4-2-5-15(10-13)19(20,21)22/h2,4-5,10-12H,3,6-9H2,1H3. The van der Waals surface area contributed by atoms with Gasteiger partial charge in [-0.25, -0.2) is 9.78 Å². The number of rotatable bonds is 4. The molecule has 1 aliphatic rings. The van der Waals surface area contributed by atoms with E-state index in [0.717, 1.165) is 31.8 Å². The Morgan fingerprint density at radius 3 is 2.56 bits per heavy atom. The maximum Gasteiger partial charge on any atom is 0.416 e. The summed E-state index contributed by atoms with van der Waals surface area (Å²) in [6.45, 7) is 3.37. The van der Waals surface area contributed by atoms with Crippen molar-refractivity contribution in [1.29, 1.82) is 0 Å². The zero-order valence-electron chi connectivity index (χ0n) is 14.8. The first-order valence-corrected chi connectivity index (χ1v) is 8.80. The fourth-order valence-corrected chi connectivity index (χ4v) is 3.37. The van der Waals surface area contributed by atoms with Gasteiger partial charge < -0.3 is 4.90 Å². The van der Waals surface area contributed by atoms with Gasteiger partial charge in [0.25, 0.3) is 0 Å². The van der Waals surface area contributed by atoms with E-state index in [4.69, 9.17) is 0 Å². The van der Waals surface area contributed by atoms with Crippen LogP contribution < -0.4 is 5.69 Å². The topological polar surface area (TPSA) is 43.1 Å². The SMILES string of the molecule is Cn1c(=O)n(CCN2CCC2)c2cc(-c3cccc(C(F)(F)F)c3)cnc21. The number of imidazole rings is 1. The van der Waals surface area contributed by atoms with E-state index >= 15 is 0 Å². The van der Waals surface area contributed by atoms with E-state index < -0.39 is 11.7 Å². The summed E-state index contributed by atoms with van der Waals surface area (Å²) in [5.41, 5.74) is 1.27. The zero-order chi connectivity index (χ0) is 19.2. The molecule has 2 aromatic heterocycles. The minimum absolute atomic E-state index is 0.167. The number of hydrogen-bond acceptors (Lipinski definition) is 3. The van der Waals surface area contributed by atoms with Crippen LogP contribution in [0, 0.1) is 0 Å². The van der Waals surface area contributed by atoms with Gasteiger partial charge in [-0.15, -0.1) is 0 Å². The van der Waals surface area contributed by atoms with Gasteiger partial charge in [-0.1, -0.05) is 12.1 Å². The molecule has 1 aromatic carbocycles. The Labute approximate surface area is 153 Å². The number of alkyl halides is 3. The van der Waals surface area contributed by atoms with Gasteiger partial charge in [-0.05, 0) is 43.3 Å². The Balaban J connectivity index is 1.76. The summed E-state index contributed by atoms with van der Waals surface area (Å²) in [6, 6.07) is 6.89. The summed E-state index contributed by atoms with van der Waals surface area (Å²) in [5.74, 6) is 0. The highest BCUT2D eigenvalue weighted by molar-refractivity contribution is 5.79. The van der Waals surface area contributed by atoms with Crippen molar-refractivity contribution < 1.29 is 13.2 Å². The third-order valence-electron chi connectivity index (χ3n) is 5.09. The zero-order valence-corrected chi connectivity index (χ0v) is 14.8. The number of likely N-dealkylation sites (tertiary alicyclic amines) is 1. The predicted molar refractivity (Wildman–Crippen MR) is 96.5 cm³/mol. The van der Waals surface area contributed by atoms with E-state index in [-0.39, 0.29) is 5.69 Å². The highest BCUT2D eigenvalue weighted by Crippen LogP contribution is 2.32. The summed E-state index contributed by atoms with van der Waals surface area (Å²) in [6.07, 6.45) is -1.72. The largest absolute Gasteiger partial charge is 0.416 e. The van der Waals surface area contributed by atoms with Crippen molar-refractivity contribution >= 4 is 11.2 Å². The molecule has 142 valence electrons. The van der Waals surface area contributed by atoms with E-state index in [1.54, 1.807) is 23.7 Å². The summed E-state index contributed by atoms with van der Waals surface area (Å²) >= 11 is 0. The lowest BCUT2D eigenvalue weighted by molar-refractivity contribution is -0.137. The Kier molecular flexibility index (Phi) is 4.30. The second-order valence-electron chi connectivity index (χ2n) is 6.83. The Morgan fingerprint density at radius 1 is 1.11 bits per heavy atom. The molecule has 0 atom stereocenters. The quantitative estimate of drug-likeness (QED) is 0.703. The summed E-state index contributed by atoms with van der Waals surface area (Å²) < 4.78 is 42.1. The first-order valence-electron chi connectivity index (χ1n) is 8.80. The lowest BCUT2D eigenvalue weighted by atomic mass is 10.0. The van der Waals surface area contributed by atoms with Crippen LogP contribution >= 0.6 is 0 Å². The Bertz CT molecular complexity index is 1050. The minimum Gasteiger partial charge on any atom is -0.301 e. The van der Waals surface area contributed by atoms with Gasteiger partial charge in [0.05, 0.1) is 11.1 Å². The number of aromatic nitrogens is 3. The molecule has 1 fully saturated rings. The van der Waals surface area contributed by atoms with E-state index in [0.29, 0.717) is 28.8 Å². The van der Waals surface area contributed by atoms with Crippen LogP contribution in [-0.4, -0.2) is 38.7 Å². The summed E-state index contributed by atoms with van der Waals surface area (Å²) in [5, 5.41) is 0. The Hall–Kier alpha value is -2.61. The maximum absolute atomic E-state index is 13.0. The fourth-order valence-electron chi connectivity index (χ4n) is 3.37. The van der Waals surface area contributed by atoms with Gasteiger partial charge in [-0.2, -0.15) is 13.2 Å². The summed E-state index contributed by atoms with van der Waals surface area (Å²) in [4.78, 5) is 19.2. The second kappa shape index (κ2) is 6.53. The van der Waals surface area contributed by atoms with Crippen LogP contribution in [0.2, 0.25) is 0 Å². The maximum atomic E-state index is 13.0. The second-order valence-corrected chi connectivity index (χ2v) is 6.83. The van der Waals surface area contributed by atoms with Crippen molar-refractivity contribution in [3.63, 3.8) is 0 Å². The van der Waals surface area contributed by atoms with Gasteiger partial charge in [0.2, 0.25) is 0 Å². The number of aryl methyl sites for hydroxylation is 1. The monoisotopic (exact) mass is 376 g/mol. The highest BCUT2D eigenvalue weighted by Gasteiger charge is 2.30. The molecule has 0 radical (unpaired) electrons. The molecule has 1 aliphatic heterocycles. The van der Waals surface area contributed by atoms with Gasteiger partial charge in [0.15, 0.2) is 5.65 Å². The number of halogens is 3. The molecule has 1 saturated heterocycles. The molecular formula is C19H19F3N4O. The van der Waals surface area contributed by atoms with Gasteiger partial charge in [0, 0.05) is 31.9 Å². The van der Waals surface area contributed by atoms with Gasteiger partial charge >= 0.3 is 11.9 Å². The molecule has 0 saturated carbocycles. The minimum atomic E-state index is -4.40. The van der Waals surface area contributed by atoms with E-state index in [9.17, 15) is 18.0 Å². The van der Waals surface area contributed by atoms with E-state index in [1.807, 2.05) is 0 Å². The van der Waals surface area contributed by atoms with Crippen molar-refractivity contribution in [2.45, 2.75) is 19.1 Å². The molecule has 3 aromatic rings. The third kappa shape index (κ3) is 3.25. The molecule has 27 heavy (non-hydrogen) atoms. The van der Waals surface area contributed by atoms with Gasteiger partial charge in [0.1, 0.15) is 0 Å². The average molecular weight is 376 g/mol. The van der Waals surface area contributed by atoms with E-state index in [2.05, 4.69) is 9.88 Å². The lowest BCUT2D eigenvalue weighted by Gasteiger charge is -2.30. The smallest absolute Gasteiger partial charge is 0.301 e. The molecule has 0 amide bonds. The molecule has 4 rings (SSSR count). The van der Waals surface area contributed by atoms with Crippen molar-refractivity contribution in [3.05, 3.63) is 52.6 Å². The third-order valence-corrected chi connectivity index (χ3v) is 5.09. The number of fused-ring (bicyclic) bond motifs is 1. The molecule has 0 N–H and O–H groups in total. The van der Waals surface area contributed by atoms with Crippen molar-refractivity contribution in [3.8, 4) is 11.1 Å². The van der Waals surface area contributed by atoms with Crippen LogP contribution in [0.25, 0.3) is 22.3 Å². The van der Waals surface area contributed by atoms with Crippen LogP contribution in [0.4, 0.5) is 13.2 Å². The highest BCUT2D eigenvalue weighted by atomic mass is 19.4. The Morgan fingerprint density at radius 2 is 1.89 bits per heavy atom.